The van der Waals surface area contributed by atoms with Crippen LogP contribution in [0.1, 0.15) is 24.3 Å². The van der Waals surface area contributed by atoms with Gasteiger partial charge in [0.1, 0.15) is 5.75 Å². The average molecular weight is 230 g/mol. The second kappa shape index (κ2) is 4.93. The van der Waals surface area contributed by atoms with Crippen molar-refractivity contribution in [3.8, 4) is 11.6 Å². The molecule has 4 nitrogen and oxygen atoms in total. The molecule has 0 radical (unpaired) electrons. The molecule has 1 atom stereocenters. The van der Waals surface area contributed by atoms with Gasteiger partial charge in [-0.2, -0.15) is 0 Å². The van der Waals surface area contributed by atoms with Gasteiger partial charge in [-0.1, -0.05) is 0 Å². The summed E-state index contributed by atoms with van der Waals surface area (Å²) in [5, 5.41) is 9.34. The summed E-state index contributed by atoms with van der Waals surface area (Å²) >= 11 is 0. The van der Waals surface area contributed by atoms with E-state index in [1.165, 1.54) is 0 Å². The average Bonchev–Trinajstić information content (AvgIpc) is 2.33. The predicted molar refractivity (Wildman–Crippen MR) is 63.9 cm³/mol. The number of ether oxygens (including phenoxy) is 1. The second-order valence-corrected chi connectivity index (χ2v) is 3.84. The molecule has 0 saturated carbocycles. The van der Waals surface area contributed by atoms with Crippen LogP contribution in [-0.2, 0) is 0 Å². The first-order chi connectivity index (χ1) is 8.15. The highest BCUT2D eigenvalue weighted by atomic mass is 16.5. The first kappa shape index (κ1) is 11.5. The lowest BCUT2D eigenvalue weighted by Crippen LogP contribution is -1.94. The Labute approximate surface area is 99.9 Å². The molecule has 0 saturated heterocycles. The minimum Gasteiger partial charge on any atom is -0.437 e. The third-order valence-electron chi connectivity index (χ3n) is 2.35. The van der Waals surface area contributed by atoms with Gasteiger partial charge in [0.2, 0.25) is 5.88 Å². The van der Waals surface area contributed by atoms with Gasteiger partial charge in [-0.05, 0) is 37.6 Å². The van der Waals surface area contributed by atoms with Gasteiger partial charge in [-0.15, -0.1) is 0 Å². The fraction of sp³-hybridized carbons (Fsp3) is 0.231. The minimum atomic E-state index is -0.516. The number of aromatic nitrogens is 2. The number of pyridine rings is 2. The van der Waals surface area contributed by atoms with Crippen molar-refractivity contribution in [2.24, 2.45) is 0 Å². The van der Waals surface area contributed by atoms with E-state index in [1.54, 1.807) is 31.5 Å². The summed E-state index contributed by atoms with van der Waals surface area (Å²) < 4.78 is 5.51. The van der Waals surface area contributed by atoms with Gasteiger partial charge in [0.05, 0.1) is 12.3 Å². The van der Waals surface area contributed by atoms with Gasteiger partial charge in [0.15, 0.2) is 0 Å². The van der Waals surface area contributed by atoms with Crippen LogP contribution in [0.25, 0.3) is 0 Å². The van der Waals surface area contributed by atoms with Crippen molar-refractivity contribution < 1.29 is 9.84 Å². The smallest absolute Gasteiger partial charge is 0.219 e. The van der Waals surface area contributed by atoms with E-state index in [1.807, 2.05) is 19.1 Å². The highest BCUT2D eigenvalue weighted by molar-refractivity contribution is 5.26. The number of hydrogen-bond acceptors (Lipinski definition) is 4. The maximum atomic E-state index is 9.34. The summed E-state index contributed by atoms with van der Waals surface area (Å²) in [5.41, 5.74) is 1.70. The highest BCUT2D eigenvalue weighted by Crippen LogP contribution is 2.20. The van der Waals surface area contributed by atoms with Crippen molar-refractivity contribution in [2.45, 2.75) is 20.0 Å². The van der Waals surface area contributed by atoms with E-state index in [0.29, 0.717) is 11.6 Å². The van der Waals surface area contributed by atoms with Gasteiger partial charge in [0.25, 0.3) is 0 Å². The van der Waals surface area contributed by atoms with E-state index >= 15 is 0 Å². The maximum absolute atomic E-state index is 9.34. The van der Waals surface area contributed by atoms with E-state index in [9.17, 15) is 5.11 Å². The summed E-state index contributed by atoms with van der Waals surface area (Å²) in [6.45, 7) is 3.61. The molecule has 2 rings (SSSR count). The molecule has 0 unspecified atom stereocenters. The number of nitrogens with zero attached hydrogens (tertiary/aromatic N) is 2. The Morgan fingerprint density at radius 3 is 2.47 bits per heavy atom. The zero-order chi connectivity index (χ0) is 12.3. The Hall–Kier alpha value is -1.94. The van der Waals surface area contributed by atoms with E-state index in [0.717, 1.165) is 11.3 Å². The quantitative estimate of drug-likeness (QED) is 0.880. The highest BCUT2D eigenvalue weighted by Gasteiger charge is 2.03. The molecule has 0 amide bonds. The summed E-state index contributed by atoms with van der Waals surface area (Å²) in [6, 6.07) is 7.22. The molecule has 0 fully saturated rings. The van der Waals surface area contributed by atoms with Crippen LogP contribution in [0.3, 0.4) is 0 Å². The predicted octanol–water partition coefficient (Wildman–Crippen LogP) is 2.63. The SMILES string of the molecule is Cc1ccc(Oc2ccc([C@@H](C)O)cn2)cn1. The lowest BCUT2D eigenvalue weighted by Gasteiger charge is -2.06. The van der Waals surface area contributed by atoms with Gasteiger partial charge in [0, 0.05) is 18.0 Å². The van der Waals surface area contributed by atoms with Crippen LogP contribution in [0.5, 0.6) is 11.6 Å². The zero-order valence-electron chi connectivity index (χ0n) is 9.79. The normalized spacial score (nSPS) is 12.2. The summed E-state index contributed by atoms with van der Waals surface area (Å²) in [4.78, 5) is 8.24. The topological polar surface area (TPSA) is 55.2 Å². The summed E-state index contributed by atoms with van der Waals surface area (Å²) in [6.07, 6.45) is 2.74. The molecule has 2 heterocycles. The van der Waals surface area contributed by atoms with Crippen molar-refractivity contribution in [3.63, 3.8) is 0 Å². The van der Waals surface area contributed by atoms with Crippen LogP contribution in [0.2, 0.25) is 0 Å². The third kappa shape index (κ3) is 3.01. The lowest BCUT2D eigenvalue weighted by atomic mass is 10.2. The zero-order valence-corrected chi connectivity index (χ0v) is 9.79. The van der Waals surface area contributed by atoms with Gasteiger partial charge in [-0.3, -0.25) is 4.98 Å². The molecule has 0 aliphatic heterocycles. The van der Waals surface area contributed by atoms with Crippen LogP contribution in [0.15, 0.2) is 36.7 Å². The summed E-state index contributed by atoms with van der Waals surface area (Å²) in [5.74, 6) is 1.13. The molecule has 2 aromatic heterocycles. The third-order valence-corrected chi connectivity index (χ3v) is 2.35. The standard InChI is InChI=1S/C13H14N2O2/c1-9-3-5-12(8-14-9)17-13-6-4-11(7-15-13)10(2)16/h3-8,10,16H,1-2H3/t10-/m1/s1. The molecule has 17 heavy (non-hydrogen) atoms. The number of hydrogen-bond donors (Lipinski definition) is 1. The lowest BCUT2D eigenvalue weighted by molar-refractivity contribution is 0.198. The number of aryl methyl sites for hydroxylation is 1. The fourth-order valence-corrected chi connectivity index (χ4v) is 1.33. The Morgan fingerprint density at radius 1 is 1.12 bits per heavy atom. The van der Waals surface area contributed by atoms with E-state index in [4.69, 9.17) is 4.74 Å². The molecule has 88 valence electrons. The van der Waals surface area contributed by atoms with Crippen molar-refractivity contribution in [1.29, 1.82) is 0 Å². The molecule has 0 spiro atoms. The number of rotatable bonds is 3. The Bertz CT molecular complexity index is 478. The monoisotopic (exact) mass is 230 g/mol. The fourth-order valence-electron chi connectivity index (χ4n) is 1.33. The molecule has 0 aliphatic rings. The molecule has 0 bridgehead atoms. The van der Waals surface area contributed by atoms with E-state index in [2.05, 4.69) is 9.97 Å². The first-order valence-corrected chi connectivity index (χ1v) is 5.39. The molecular formula is C13H14N2O2. The molecule has 1 N–H and O–H groups in total. The van der Waals surface area contributed by atoms with Crippen LogP contribution >= 0.6 is 0 Å². The number of aliphatic hydroxyl groups excluding tert-OH is 1. The van der Waals surface area contributed by atoms with Crippen LogP contribution in [0.4, 0.5) is 0 Å². The van der Waals surface area contributed by atoms with Gasteiger partial charge in [-0.25, -0.2) is 4.98 Å². The molecule has 0 aromatic carbocycles. The van der Waals surface area contributed by atoms with Crippen molar-refractivity contribution in [1.82, 2.24) is 9.97 Å². The van der Waals surface area contributed by atoms with Crippen molar-refractivity contribution in [3.05, 3.63) is 47.9 Å². The Morgan fingerprint density at radius 2 is 1.94 bits per heavy atom. The second-order valence-electron chi connectivity index (χ2n) is 3.84. The summed E-state index contributed by atoms with van der Waals surface area (Å²) in [7, 11) is 0. The van der Waals surface area contributed by atoms with Crippen molar-refractivity contribution >= 4 is 0 Å². The van der Waals surface area contributed by atoms with E-state index < -0.39 is 6.10 Å². The van der Waals surface area contributed by atoms with Gasteiger partial charge < -0.3 is 9.84 Å². The maximum Gasteiger partial charge on any atom is 0.219 e. The molecule has 0 aliphatic carbocycles. The van der Waals surface area contributed by atoms with E-state index in [-0.39, 0.29) is 0 Å². The van der Waals surface area contributed by atoms with Crippen molar-refractivity contribution in [2.75, 3.05) is 0 Å². The van der Waals surface area contributed by atoms with Gasteiger partial charge >= 0.3 is 0 Å². The van der Waals surface area contributed by atoms with Crippen LogP contribution in [0, 0.1) is 6.92 Å². The minimum absolute atomic E-state index is 0.486. The van der Waals surface area contributed by atoms with Crippen LogP contribution < -0.4 is 4.74 Å². The Balaban J connectivity index is 2.11. The molecular weight excluding hydrogens is 216 g/mol. The number of aliphatic hydroxyl groups is 1. The largest absolute Gasteiger partial charge is 0.437 e. The molecule has 2 aromatic rings. The first-order valence-electron chi connectivity index (χ1n) is 5.39. The Kier molecular flexibility index (Phi) is 3.35. The van der Waals surface area contributed by atoms with Crippen LogP contribution in [-0.4, -0.2) is 15.1 Å². The molecule has 4 heteroatoms.